The van der Waals surface area contributed by atoms with E-state index in [0.29, 0.717) is 30.3 Å². The highest BCUT2D eigenvalue weighted by Crippen LogP contribution is 2.32. The summed E-state index contributed by atoms with van der Waals surface area (Å²) in [4.78, 5) is 28.0. The molecule has 6 nitrogen and oxygen atoms in total. The van der Waals surface area contributed by atoms with E-state index < -0.39 is 18.4 Å². The van der Waals surface area contributed by atoms with Crippen molar-refractivity contribution in [1.82, 2.24) is 4.98 Å². The highest BCUT2D eigenvalue weighted by molar-refractivity contribution is 6.48. The van der Waals surface area contributed by atoms with Crippen LogP contribution in [0.15, 0.2) is 24.4 Å². The van der Waals surface area contributed by atoms with Crippen LogP contribution in [0.4, 0.5) is 0 Å². The van der Waals surface area contributed by atoms with Gasteiger partial charge >= 0.3 is 5.97 Å². The lowest BCUT2D eigenvalue weighted by Gasteiger charge is -2.18. The van der Waals surface area contributed by atoms with E-state index in [2.05, 4.69) is 4.98 Å². The highest BCUT2D eigenvalue weighted by Gasteiger charge is 2.20. The maximum absolute atomic E-state index is 12.2. The second kappa shape index (κ2) is 7.47. The van der Waals surface area contributed by atoms with Crippen LogP contribution in [0.3, 0.4) is 0 Å². The average molecular weight is 403 g/mol. The SMILES string of the molecule is O=C(COC(=O)c1ncc(Cl)c(Cl)c1Cl)c1ccc2c(c1)OCCO2. The third-order valence-electron chi connectivity index (χ3n) is 3.31. The third kappa shape index (κ3) is 3.81. The van der Waals surface area contributed by atoms with Crippen molar-refractivity contribution in [3.63, 3.8) is 0 Å². The van der Waals surface area contributed by atoms with Crippen molar-refractivity contribution in [2.75, 3.05) is 19.8 Å². The normalized spacial score (nSPS) is 12.6. The number of aromatic nitrogens is 1. The summed E-state index contributed by atoms with van der Waals surface area (Å²) in [6, 6.07) is 4.73. The van der Waals surface area contributed by atoms with Crippen LogP contribution >= 0.6 is 34.8 Å². The Morgan fingerprint density at radius 2 is 1.80 bits per heavy atom. The summed E-state index contributed by atoms with van der Waals surface area (Å²) in [5.74, 6) is -0.264. The molecule has 0 amide bonds. The maximum Gasteiger partial charge on any atom is 0.358 e. The van der Waals surface area contributed by atoms with Crippen LogP contribution < -0.4 is 9.47 Å². The first kappa shape index (κ1) is 17.8. The van der Waals surface area contributed by atoms with Gasteiger partial charge in [0.15, 0.2) is 29.6 Å². The fourth-order valence-electron chi connectivity index (χ4n) is 2.09. The Balaban J connectivity index is 1.68. The second-order valence-corrected chi connectivity index (χ2v) is 6.10. The van der Waals surface area contributed by atoms with Gasteiger partial charge in [-0.3, -0.25) is 4.79 Å². The van der Waals surface area contributed by atoms with Crippen molar-refractivity contribution >= 4 is 46.6 Å². The van der Waals surface area contributed by atoms with Gasteiger partial charge in [-0.05, 0) is 18.2 Å². The minimum atomic E-state index is -0.880. The number of halogens is 3. The molecule has 1 aromatic heterocycles. The van der Waals surface area contributed by atoms with Crippen molar-refractivity contribution in [3.8, 4) is 11.5 Å². The van der Waals surface area contributed by atoms with E-state index in [4.69, 9.17) is 49.0 Å². The molecule has 130 valence electrons. The van der Waals surface area contributed by atoms with E-state index in [0.717, 1.165) is 0 Å². The van der Waals surface area contributed by atoms with Crippen LogP contribution in [0.25, 0.3) is 0 Å². The first-order valence-corrected chi connectivity index (χ1v) is 8.20. The van der Waals surface area contributed by atoms with E-state index >= 15 is 0 Å². The maximum atomic E-state index is 12.2. The number of esters is 1. The Labute approximate surface area is 157 Å². The molecular formula is C16H10Cl3NO5. The Bertz CT molecular complexity index is 856. The van der Waals surface area contributed by atoms with Crippen molar-refractivity contribution in [2.24, 2.45) is 0 Å². The van der Waals surface area contributed by atoms with Gasteiger partial charge in [0.2, 0.25) is 0 Å². The number of fused-ring (bicyclic) bond motifs is 1. The lowest BCUT2D eigenvalue weighted by Crippen LogP contribution is -2.18. The molecule has 0 unspecified atom stereocenters. The second-order valence-electron chi connectivity index (χ2n) is 4.94. The molecule has 1 aromatic carbocycles. The van der Waals surface area contributed by atoms with Crippen molar-refractivity contribution in [1.29, 1.82) is 0 Å². The molecule has 0 saturated heterocycles. The molecule has 9 heteroatoms. The Hall–Kier alpha value is -2.02. The highest BCUT2D eigenvalue weighted by atomic mass is 35.5. The van der Waals surface area contributed by atoms with Crippen LogP contribution in [0.1, 0.15) is 20.8 Å². The molecule has 3 rings (SSSR count). The van der Waals surface area contributed by atoms with Gasteiger partial charge in [-0.15, -0.1) is 0 Å². The molecule has 1 aliphatic rings. The van der Waals surface area contributed by atoms with E-state index in [1.165, 1.54) is 12.3 Å². The molecule has 0 atom stereocenters. The summed E-state index contributed by atoms with van der Waals surface area (Å²) in [7, 11) is 0. The van der Waals surface area contributed by atoms with Gasteiger partial charge < -0.3 is 14.2 Å². The Morgan fingerprint density at radius 3 is 2.56 bits per heavy atom. The fourth-order valence-corrected chi connectivity index (χ4v) is 2.64. The summed E-state index contributed by atoms with van der Waals surface area (Å²) in [5.41, 5.74) is 0.108. The molecule has 25 heavy (non-hydrogen) atoms. The number of ether oxygens (including phenoxy) is 3. The van der Waals surface area contributed by atoms with Crippen LogP contribution in [-0.4, -0.2) is 36.6 Å². The molecule has 0 radical (unpaired) electrons. The zero-order chi connectivity index (χ0) is 18.0. The van der Waals surface area contributed by atoms with Crippen molar-refractivity contribution < 1.29 is 23.8 Å². The van der Waals surface area contributed by atoms with Crippen molar-refractivity contribution in [2.45, 2.75) is 0 Å². The van der Waals surface area contributed by atoms with Gasteiger partial charge in [0.1, 0.15) is 13.2 Å². The zero-order valence-electron chi connectivity index (χ0n) is 12.6. The fraction of sp³-hybridized carbons (Fsp3) is 0.188. The predicted octanol–water partition coefficient (Wildman–Crippen LogP) is 3.85. The van der Waals surface area contributed by atoms with Gasteiger partial charge in [-0.2, -0.15) is 0 Å². The molecule has 1 aliphatic heterocycles. The number of hydrogen-bond acceptors (Lipinski definition) is 6. The van der Waals surface area contributed by atoms with Gasteiger partial charge in [0.05, 0.1) is 15.1 Å². The Morgan fingerprint density at radius 1 is 1.08 bits per heavy atom. The molecule has 0 fully saturated rings. The molecule has 0 aliphatic carbocycles. The van der Waals surface area contributed by atoms with Crippen LogP contribution in [0, 0.1) is 0 Å². The monoisotopic (exact) mass is 401 g/mol. The molecule has 0 saturated carbocycles. The number of nitrogens with zero attached hydrogens (tertiary/aromatic N) is 1. The van der Waals surface area contributed by atoms with E-state index in [9.17, 15) is 9.59 Å². The van der Waals surface area contributed by atoms with E-state index in [1.807, 2.05) is 0 Å². The summed E-state index contributed by atoms with van der Waals surface area (Å²) >= 11 is 17.5. The molecule has 2 aromatic rings. The average Bonchev–Trinajstić information content (AvgIpc) is 2.63. The number of rotatable bonds is 4. The largest absolute Gasteiger partial charge is 0.486 e. The van der Waals surface area contributed by atoms with E-state index in [-0.39, 0.29) is 20.8 Å². The summed E-state index contributed by atoms with van der Waals surface area (Å²) < 4.78 is 15.7. The van der Waals surface area contributed by atoms with Gasteiger partial charge in [0.25, 0.3) is 0 Å². The number of Topliss-reactive ketones (excluding diaryl/α,β-unsaturated/α-hetero) is 1. The standard InChI is InChI=1S/C16H10Cl3NO5/c17-9-6-20-15(14(19)13(9)18)16(22)25-7-10(21)8-1-2-11-12(5-8)24-4-3-23-11/h1-2,5-6H,3-4,7H2. The topological polar surface area (TPSA) is 74.7 Å². The van der Waals surface area contributed by atoms with Gasteiger partial charge in [-0.25, -0.2) is 9.78 Å². The number of hydrogen-bond donors (Lipinski definition) is 0. The minimum absolute atomic E-state index is 0.0107. The minimum Gasteiger partial charge on any atom is -0.486 e. The molecule has 0 N–H and O–H groups in total. The van der Waals surface area contributed by atoms with Crippen molar-refractivity contribution in [3.05, 3.63) is 50.7 Å². The van der Waals surface area contributed by atoms with Crippen LogP contribution in [-0.2, 0) is 4.74 Å². The number of pyridine rings is 1. The number of carbonyl (C=O) groups excluding carboxylic acids is 2. The third-order valence-corrected chi connectivity index (χ3v) is 4.55. The lowest BCUT2D eigenvalue weighted by molar-refractivity contribution is 0.0469. The molecular weight excluding hydrogens is 393 g/mol. The molecule has 0 spiro atoms. The number of ketones is 1. The lowest BCUT2D eigenvalue weighted by atomic mass is 10.1. The molecule has 2 heterocycles. The van der Waals surface area contributed by atoms with E-state index in [1.54, 1.807) is 12.1 Å². The van der Waals surface area contributed by atoms with Gasteiger partial charge in [0, 0.05) is 11.8 Å². The predicted molar refractivity (Wildman–Crippen MR) is 91.3 cm³/mol. The van der Waals surface area contributed by atoms with Crippen LogP contribution in [0.2, 0.25) is 15.1 Å². The first-order valence-electron chi connectivity index (χ1n) is 7.07. The zero-order valence-corrected chi connectivity index (χ0v) is 14.8. The smallest absolute Gasteiger partial charge is 0.358 e. The summed E-state index contributed by atoms with van der Waals surface area (Å²) in [5, 5.41) is -0.0371. The Kier molecular flexibility index (Phi) is 5.32. The summed E-state index contributed by atoms with van der Waals surface area (Å²) in [6.45, 7) is 0.368. The number of carbonyl (C=O) groups is 2. The quantitative estimate of drug-likeness (QED) is 0.571. The molecule has 0 bridgehead atoms. The number of benzene rings is 1. The summed E-state index contributed by atoms with van der Waals surface area (Å²) in [6.07, 6.45) is 1.18. The van der Waals surface area contributed by atoms with Gasteiger partial charge in [-0.1, -0.05) is 34.8 Å². The first-order chi connectivity index (χ1) is 12.0. The van der Waals surface area contributed by atoms with Crippen LogP contribution in [0.5, 0.6) is 11.5 Å².